The van der Waals surface area contributed by atoms with Gasteiger partial charge in [0.2, 0.25) is 0 Å². The Morgan fingerprint density at radius 1 is 1.18 bits per heavy atom. The fraction of sp³-hybridized carbons (Fsp3) is 0. The predicted octanol–water partition coefficient (Wildman–Crippen LogP) is 3.57. The van der Waals surface area contributed by atoms with Gasteiger partial charge < -0.3 is 0 Å². The van der Waals surface area contributed by atoms with E-state index in [1.807, 2.05) is 36.4 Å². The summed E-state index contributed by atoms with van der Waals surface area (Å²) in [6, 6.07) is 13.4. The van der Waals surface area contributed by atoms with Gasteiger partial charge >= 0.3 is 10.3 Å². The number of hydrogen-bond donors (Lipinski definition) is 0. The molecule has 0 saturated carbocycles. The van der Waals surface area contributed by atoms with Crippen LogP contribution in [0.1, 0.15) is 5.56 Å². The van der Waals surface area contributed by atoms with Crippen molar-refractivity contribution < 1.29 is 8.49 Å². The minimum absolute atomic E-state index is 0.102. The number of halogens is 2. The van der Waals surface area contributed by atoms with Crippen molar-refractivity contribution in [3.63, 3.8) is 0 Å². The fourth-order valence-electron chi connectivity index (χ4n) is 1.43. The maximum absolute atomic E-state index is 10.5. The van der Waals surface area contributed by atoms with E-state index < -0.39 is 10.3 Å². The van der Waals surface area contributed by atoms with Crippen molar-refractivity contribution in [1.82, 2.24) is 0 Å². The topological polar surface area (TPSA) is 38.7 Å². The second-order valence-corrected chi connectivity index (χ2v) is 4.86. The van der Waals surface area contributed by atoms with Crippen molar-refractivity contribution in [3.8, 4) is 0 Å². The number of oxime groups is 1. The molecule has 1 unspecified atom stereocenters. The van der Waals surface area contributed by atoms with E-state index in [0.717, 1.165) is 10.8 Å². The minimum atomic E-state index is -1.99. The Balaban J connectivity index is 2.36. The molecule has 0 bridgehead atoms. The van der Waals surface area contributed by atoms with Crippen molar-refractivity contribution >= 4 is 48.5 Å². The molecule has 6 heteroatoms. The van der Waals surface area contributed by atoms with Crippen LogP contribution in [0.15, 0.2) is 47.6 Å². The maximum Gasteiger partial charge on any atom is 0.330 e. The maximum atomic E-state index is 10.5. The summed E-state index contributed by atoms with van der Waals surface area (Å²) in [5.41, 5.74) is 0.674. The van der Waals surface area contributed by atoms with E-state index in [2.05, 4.69) is 9.44 Å². The number of fused-ring (bicyclic) bond motifs is 1. The first-order chi connectivity index (χ1) is 8.16. The van der Waals surface area contributed by atoms with E-state index in [1.54, 1.807) is 6.07 Å². The van der Waals surface area contributed by atoms with E-state index in [9.17, 15) is 4.21 Å². The van der Waals surface area contributed by atoms with Crippen molar-refractivity contribution in [2.24, 2.45) is 5.16 Å². The molecule has 3 nitrogen and oxygen atoms in total. The molecule has 0 aliphatic rings. The van der Waals surface area contributed by atoms with Gasteiger partial charge in [0, 0.05) is 16.2 Å². The van der Waals surface area contributed by atoms with Gasteiger partial charge in [-0.25, -0.2) is 0 Å². The van der Waals surface area contributed by atoms with Crippen molar-refractivity contribution in [1.29, 1.82) is 0 Å². The molecule has 88 valence electrons. The normalized spacial score (nSPS) is 13.6. The fourth-order valence-corrected chi connectivity index (χ4v) is 1.84. The van der Waals surface area contributed by atoms with Gasteiger partial charge in [-0.3, -0.25) is 4.28 Å². The molecule has 2 aromatic rings. The van der Waals surface area contributed by atoms with E-state index in [4.69, 9.17) is 22.3 Å². The lowest BCUT2D eigenvalue weighted by Crippen LogP contribution is -1.93. The van der Waals surface area contributed by atoms with Crippen LogP contribution in [0, 0.1) is 0 Å². The Hall–Kier alpha value is -1.10. The van der Waals surface area contributed by atoms with Gasteiger partial charge in [0.1, 0.15) is 0 Å². The number of benzene rings is 2. The highest BCUT2D eigenvalue weighted by Gasteiger charge is 2.03. The van der Waals surface area contributed by atoms with E-state index in [1.165, 1.54) is 0 Å². The van der Waals surface area contributed by atoms with Crippen LogP contribution in [0.5, 0.6) is 0 Å². The largest absolute Gasteiger partial charge is 0.330 e. The summed E-state index contributed by atoms with van der Waals surface area (Å²) >= 11 is 5.88. The molecule has 0 heterocycles. The van der Waals surface area contributed by atoms with Crippen molar-refractivity contribution in [3.05, 3.63) is 48.0 Å². The molecule has 0 fully saturated rings. The molecule has 2 rings (SSSR count). The number of rotatable bonds is 3. The quantitative estimate of drug-likeness (QED) is 0.492. The van der Waals surface area contributed by atoms with Crippen molar-refractivity contribution in [2.75, 3.05) is 0 Å². The molecular weight excluding hydrogens is 281 g/mol. The van der Waals surface area contributed by atoms with Gasteiger partial charge in [0.15, 0.2) is 5.17 Å². The molecule has 0 N–H and O–H groups in total. The van der Waals surface area contributed by atoms with E-state index in [0.29, 0.717) is 5.56 Å². The molecule has 0 aromatic heterocycles. The summed E-state index contributed by atoms with van der Waals surface area (Å²) in [6.45, 7) is 0. The van der Waals surface area contributed by atoms with Gasteiger partial charge in [-0.15, -0.1) is 0 Å². The molecule has 2 aromatic carbocycles. The molecule has 0 aliphatic carbocycles. The first-order valence-corrected chi connectivity index (χ1v) is 6.93. The molecule has 0 amide bonds. The standard InChI is InChI=1S/C11H7Cl2NO2S/c12-11(14-16-17(13)15)10-6-5-8-3-1-2-4-9(8)7-10/h1-7H/b14-11-. The Kier molecular flexibility index (Phi) is 3.99. The zero-order valence-electron chi connectivity index (χ0n) is 8.47. The predicted molar refractivity (Wildman–Crippen MR) is 71.4 cm³/mol. The van der Waals surface area contributed by atoms with Crippen LogP contribution in [-0.4, -0.2) is 9.38 Å². The number of hydrogen-bond acceptors (Lipinski definition) is 3. The van der Waals surface area contributed by atoms with Crippen LogP contribution in [0.4, 0.5) is 0 Å². The average Bonchev–Trinajstić information content (AvgIpc) is 2.35. The summed E-state index contributed by atoms with van der Waals surface area (Å²) in [5.74, 6) is 0. The van der Waals surface area contributed by atoms with Gasteiger partial charge in [-0.1, -0.05) is 53.2 Å². The third kappa shape index (κ3) is 3.19. The third-order valence-electron chi connectivity index (χ3n) is 2.16. The molecule has 1 atom stereocenters. The highest BCUT2D eigenvalue weighted by atomic mass is 35.7. The highest BCUT2D eigenvalue weighted by Crippen LogP contribution is 2.17. The third-order valence-corrected chi connectivity index (χ3v) is 2.81. The van der Waals surface area contributed by atoms with E-state index in [-0.39, 0.29) is 5.17 Å². The van der Waals surface area contributed by atoms with Crippen molar-refractivity contribution in [2.45, 2.75) is 0 Å². The second-order valence-electron chi connectivity index (χ2n) is 3.21. The first kappa shape index (κ1) is 12.4. The summed E-state index contributed by atoms with van der Waals surface area (Å²) in [5, 5.41) is 5.68. The molecule has 0 aliphatic heterocycles. The first-order valence-electron chi connectivity index (χ1n) is 4.65. The Labute approximate surface area is 110 Å². The minimum Gasteiger partial charge on any atom is -0.274 e. The van der Waals surface area contributed by atoms with Crippen LogP contribution in [0.3, 0.4) is 0 Å². The lowest BCUT2D eigenvalue weighted by atomic mass is 10.1. The Bertz CT molecular complexity index is 601. The highest BCUT2D eigenvalue weighted by molar-refractivity contribution is 8.04. The number of nitrogens with zero attached hydrogens (tertiary/aromatic N) is 1. The molecule has 0 saturated heterocycles. The van der Waals surface area contributed by atoms with Crippen LogP contribution in [0.25, 0.3) is 10.8 Å². The second kappa shape index (κ2) is 5.49. The monoisotopic (exact) mass is 287 g/mol. The molecule has 0 spiro atoms. The molecule has 17 heavy (non-hydrogen) atoms. The van der Waals surface area contributed by atoms with E-state index >= 15 is 0 Å². The van der Waals surface area contributed by atoms with Crippen LogP contribution in [0.2, 0.25) is 0 Å². The molecular formula is C11H7Cl2NO2S. The van der Waals surface area contributed by atoms with Gasteiger partial charge in [-0.05, 0) is 16.8 Å². The van der Waals surface area contributed by atoms with Crippen LogP contribution in [-0.2, 0) is 14.6 Å². The average molecular weight is 288 g/mol. The lowest BCUT2D eigenvalue weighted by Gasteiger charge is -2.01. The van der Waals surface area contributed by atoms with Gasteiger partial charge in [0.25, 0.3) is 0 Å². The zero-order chi connectivity index (χ0) is 12.3. The van der Waals surface area contributed by atoms with Gasteiger partial charge in [0.05, 0.1) is 0 Å². The van der Waals surface area contributed by atoms with Crippen LogP contribution < -0.4 is 0 Å². The summed E-state index contributed by atoms with van der Waals surface area (Å²) < 4.78 is 14.8. The summed E-state index contributed by atoms with van der Waals surface area (Å²) in [7, 11) is 3.10. The van der Waals surface area contributed by atoms with Crippen LogP contribution >= 0.6 is 22.3 Å². The molecule has 0 radical (unpaired) electrons. The zero-order valence-corrected chi connectivity index (χ0v) is 10.8. The SMILES string of the molecule is O=S(Cl)O/N=C(\Cl)c1ccc2ccccc2c1. The summed E-state index contributed by atoms with van der Waals surface area (Å²) in [6.07, 6.45) is 0. The van der Waals surface area contributed by atoms with Gasteiger partial charge in [-0.2, -0.15) is 4.21 Å². The smallest absolute Gasteiger partial charge is 0.274 e. The summed E-state index contributed by atoms with van der Waals surface area (Å²) in [4.78, 5) is 0. The lowest BCUT2D eigenvalue weighted by molar-refractivity contribution is 0.384. The Morgan fingerprint density at radius 3 is 2.59 bits per heavy atom. The Morgan fingerprint density at radius 2 is 1.88 bits per heavy atom.